The number of hydrogen-bond donors (Lipinski definition) is 1. The molecule has 0 radical (unpaired) electrons. The van der Waals surface area contributed by atoms with Gasteiger partial charge in [0, 0.05) is 59.1 Å². The maximum absolute atomic E-state index is 14.1. The fraction of sp³-hybridized carbons (Fsp3) is 0.500. The Morgan fingerprint density at radius 2 is 1.76 bits per heavy atom. The summed E-state index contributed by atoms with van der Waals surface area (Å²) in [6.45, 7) is 9.68. The standard InChI is InChI=1S/C24H33FN6O.HI/c1-18-16-31(17-19(2)32-18)23-9-8-20(14-27-23)15-28-24(26-3)30-12-10-29(11-13-30)22-7-5-4-6-21(22)25;/h4-9,14,18-19H,10-13,15-17H2,1-3H3,(H,26,28);1H. The summed E-state index contributed by atoms with van der Waals surface area (Å²) < 4.78 is 19.9. The van der Waals surface area contributed by atoms with Gasteiger partial charge in [-0.1, -0.05) is 18.2 Å². The van der Waals surface area contributed by atoms with Gasteiger partial charge in [0.15, 0.2) is 5.96 Å². The number of morpholine rings is 1. The van der Waals surface area contributed by atoms with Crippen molar-refractivity contribution in [1.29, 1.82) is 0 Å². The Bertz CT molecular complexity index is 909. The predicted molar refractivity (Wildman–Crippen MR) is 142 cm³/mol. The second kappa shape index (κ2) is 11.8. The molecule has 0 amide bonds. The first-order valence-corrected chi connectivity index (χ1v) is 11.3. The Morgan fingerprint density at radius 1 is 1.06 bits per heavy atom. The van der Waals surface area contributed by atoms with Gasteiger partial charge in [0.2, 0.25) is 0 Å². The molecule has 1 aromatic heterocycles. The zero-order valence-electron chi connectivity index (χ0n) is 19.6. The average Bonchev–Trinajstić information content (AvgIpc) is 2.80. The van der Waals surface area contributed by atoms with Crippen LogP contribution in [0.4, 0.5) is 15.9 Å². The first-order chi connectivity index (χ1) is 15.5. The van der Waals surface area contributed by atoms with Gasteiger partial charge in [0.05, 0.1) is 17.9 Å². The molecule has 2 fully saturated rings. The molecule has 7 nitrogen and oxygen atoms in total. The van der Waals surface area contributed by atoms with E-state index >= 15 is 0 Å². The second-order valence-corrected chi connectivity index (χ2v) is 8.51. The molecular weight excluding hydrogens is 534 g/mol. The maximum Gasteiger partial charge on any atom is 0.194 e. The minimum absolute atomic E-state index is 0. The number of ether oxygens (including phenoxy) is 1. The van der Waals surface area contributed by atoms with E-state index in [4.69, 9.17) is 4.74 Å². The lowest BCUT2D eigenvalue weighted by Crippen LogP contribution is -2.52. The monoisotopic (exact) mass is 568 g/mol. The van der Waals surface area contributed by atoms with E-state index in [2.05, 4.69) is 56.0 Å². The van der Waals surface area contributed by atoms with Crippen molar-refractivity contribution in [3.05, 3.63) is 54.0 Å². The van der Waals surface area contributed by atoms with Crippen molar-refractivity contribution in [2.45, 2.75) is 32.6 Å². The molecule has 9 heteroatoms. The van der Waals surface area contributed by atoms with Gasteiger partial charge in [0.25, 0.3) is 0 Å². The summed E-state index contributed by atoms with van der Waals surface area (Å²) in [6.07, 6.45) is 2.35. The topological polar surface area (TPSA) is 56.2 Å². The van der Waals surface area contributed by atoms with E-state index in [0.717, 1.165) is 56.6 Å². The van der Waals surface area contributed by atoms with Crippen LogP contribution in [0.1, 0.15) is 19.4 Å². The van der Waals surface area contributed by atoms with E-state index in [1.807, 2.05) is 18.3 Å². The molecule has 2 aromatic rings. The number of hydrogen-bond acceptors (Lipinski definition) is 5. The summed E-state index contributed by atoms with van der Waals surface area (Å²) in [4.78, 5) is 15.7. The van der Waals surface area contributed by atoms with Crippen LogP contribution in [0, 0.1) is 5.82 Å². The third-order valence-electron chi connectivity index (χ3n) is 5.99. The van der Waals surface area contributed by atoms with Crippen LogP contribution in [0.25, 0.3) is 0 Å². The van der Waals surface area contributed by atoms with Gasteiger partial charge >= 0.3 is 0 Å². The number of anilines is 2. The van der Waals surface area contributed by atoms with Gasteiger partial charge < -0.3 is 24.8 Å². The molecule has 2 aliphatic heterocycles. The van der Waals surface area contributed by atoms with Gasteiger partial charge in [0.1, 0.15) is 11.6 Å². The fourth-order valence-corrected chi connectivity index (χ4v) is 4.45. The number of nitrogens with one attached hydrogen (secondary N) is 1. The summed E-state index contributed by atoms with van der Waals surface area (Å²) in [5, 5.41) is 3.44. The summed E-state index contributed by atoms with van der Waals surface area (Å²) >= 11 is 0. The van der Waals surface area contributed by atoms with Crippen LogP contribution in [0.15, 0.2) is 47.6 Å². The van der Waals surface area contributed by atoms with Crippen molar-refractivity contribution in [2.24, 2.45) is 4.99 Å². The number of nitrogens with zero attached hydrogens (tertiary/aromatic N) is 5. The number of piperazine rings is 1. The number of aliphatic imine (C=N–C) groups is 1. The molecule has 1 aromatic carbocycles. The highest BCUT2D eigenvalue weighted by atomic mass is 127. The van der Waals surface area contributed by atoms with E-state index in [1.165, 1.54) is 6.07 Å². The number of benzene rings is 1. The van der Waals surface area contributed by atoms with Crippen LogP contribution in [0.2, 0.25) is 0 Å². The minimum atomic E-state index is -0.166. The summed E-state index contributed by atoms with van der Waals surface area (Å²) in [6, 6.07) is 11.2. The minimum Gasteiger partial charge on any atom is -0.372 e. The normalized spacial score (nSPS) is 21.6. The first kappa shape index (κ1) is 25.5. The van der Waals surface area contributed by atoms with Gasteiger partial charge in [-0.25, -0.2) is 9.37 Å². The Kier molecular flexibility index (Phi) is 9.13. The highest BCUT2D eigenvalue weighted by molar-refractivity contribution is 14.0. The SMILES string of the molecule is CN=C(NCc1ccc(N2CC(C)OC(C)C2)nc1)N1CCN(c2ccccc2F)CC1.I. The zero-order chi connectivity index (χ0) is 22.5. The Morgan fingerprint density at radius 3 is 2.36 bits per heavy atom. The Hall–Kier alpha value is -2.14. The van der Waals surface area contributed by atoms with Crippen molar-refractivity contribution < 1.29 is 9.13 Å². The number of aromatic nitrogens is 1. The van der Waals surface area contributed by atoms with Crippen molar-refractivity contribution in [2.75, 3.05) is 56.1 Å². The van der Waals surface area contributed by atoms with Gasteiger partial charge in [-0.2, -0.15) is 0 Å². The molecule has 3 heterocycles. The predicted octanol–water partition coefficient (Wildman–Crippen LogP) is 3.35. The van der Waals surface area contributed by atoms with Crippen molar-refractivity contribution >= 4 is 41.4 Å². The van der Waals surface area contributed by atoms with Gasteiger partial charge in [-0.15, -0.1) is 24.0 Å². The van der Waals surface area contributed by atoms with Gasteiger partial charge in [-0.3, -0.25) is 4.99 Å². The molecule has 2 unspecified atom stereocenters. The summed E-state index contributed by atoms with van der Waals surface area (Å²) in [5.74, 6) is 1.68. The molecule has 0 spiro atoms. The molecule has 0 aliphatic carbocycles. The second-order valence-electron chi connectivity index (χ2n) is 8.51. The number of rotatable bonds is 4. The molecule has 180 valence electrons. The van der Waals surface area contributed by atoms with E-state index in [-0.39, 0.29) is 42.0 Å². The van der Waals surface area contributed by atoms with Crippen LogP contribution < -0.4 is 15.1 Å². The Labute approximate surface area is 213 Å². The zero-order valence-corrected chi connectivity index (χ0v) is 21.9. The van der Waals surface area contributed by atoms with Crippen LogP contribution in [0.3, 0.4) is 0 Å². The first-order valence-electron chi connectivity index (χ1n) is 11.3. The molecule has 2 saturated heterocycles. The molecule has 0 bridgehead atoms. The summed E-state index contributed by atoms with van der Waals surface area (Å²) in [7, 11) is 1.80. The van der Waals surface area contributed by atoms with Crippen LogP contribution in [-0.4, -0.2) is 74.4 Å². The van der Waals surface area contributed by atoms with Crippen LogP contribution in [0.5, 0.6) is 0 Å². The van der Waals surface area contributed by atoms with E-state index in [1.54, 1.807) is 13.1 Å². The van der Waals surface area contributed by atoms with Crippen LogP contribution in [-0.2, 0) is 11.3 Å². The third-order valence-corrected chi connectivity index (χ3v) is 5.99. The van der Waals surface area contributed by atoms with Gasteiger partial charge in [-0.05, 0) is 37.6 Å². The molecule has 1 N–H and O–H groups in total. The van der Waals surface area contributed by atoms with E-state index in [9.17, 15) is 4.39 Å². The smallest absolute Gasteiger partial charge is 0.194 e. The number of para-hydroxylation sites is 1. The Balaban J connectivity index is 0.00000306. The maximum atomic E-state index is 14.1. The van der Waals surface area contributed by atoms with Crippen LogP contribution >= 0.6 is 24.0 Å². The quantitative estimate of drug-likeness (QED) is 0.347. The molecule has 4 rings (SSSR count). The summed E-state index contributed by atoms with van der Waals surface area (Å²) in [5.41, 5.74) is 1.78. The lowest BCUT2D eigenvalue weighted by atomic mass is 10.2. The average molecular weight is 568 g/mol. The van der Waals surface area contributed by atoms with E-state index in [0.29, 0.717) is 12.2 Å². The lowest BCUT2D eigenvalue weighted by molar-refractivity contribution is -0.00545. The fourth-order valence-electron chi connectivity index (χ4n) is 4.45. The molecular formula is C24H34FIN6O. The highest BCUT2D eigenvalue weighted by Crippen LogP contribution is 2.21. The lowest BCUT2D eigenvalue weighted by Gasteiger charge is -2.37. The number of halogens is 2. The number of pyridine rings is 1. The molecule has 0 saturated carbocycles. The third kappa shape index (κ3) is 6.47. The molecule has 2 atom stereocenters. The van der Waals surface area contributed by atoms with E-state index < -0.39 is 0 Å². The number of guanidine groups is 1. The molecule has 2 aliphatic rings. The highest BCUT2D eigenvalue weighted by Gasteiger charge is 2.23. The molecule has 33 heavy (non-hydrogen) atoms. The largest absolute Gasteiger partial charge is 0.372 e. The van der Waals surface area contributed by atoms with Crippen molar-refractivity contribution in [1.82, 2.24) is 15.2 Å². The van der Waals surface area contributed by atoms with Crippen molar-refractivity contribution in [3.63, 3.8) is 0 Å². The van der Waals surface area contributed by atoms with Crippen molar-refractivity contribution in [3.8, 4) is 0 Å².